The fraction of sp³-hybridized carbons (Fsp3) is 0.214. The van der Waals surface area contributed by atoms with Gasteiger partial charge in [-0.1, -0.05) is 12.1 Å². The lowest BCUT2D eigenvalue weighted by molar-refractivity contribution is -0.121. The number of thiazole rings is 1. The summed E-state index contributed by atoms with van der Waals surface area (Å²) in [5.41, 5.74) is 1.49. The van der Waals surface area contributed by atoms with Crippen molar-refractivity contribution in [3.05, 3.63) is 52.0 Å². The minimum atomic E-state index is -0.0779. The number of rotatable bonds is 4. The van der Waals surface area contributed by atoms with Crippen LogP contribution >= 0.6 is 11.3 Å². The number of hydrogen-bond donors (Lipinski definition) is 1. The Morgan fingerprint density at radius 2 is 2.21 bits per heavy atom. The topological polar surface area (TPSA) is 65.8 Å². The highest BCUT2D eigenvalue weighted by molar-refractivity contribution is 7.09. The van der Waals surface area contributed by atoms with E-state index in [0.29, 0.717) is 12.0 Å². The number of hydrogen-bond acceptors (Lipinski definition) is 4. The van der Waals surface area contributed by atoms with Gasteiger partial charge in [-0.05, 0) is 24.6 Å². The van der Waals surface area contributed by atoms with E-state index in [-0.39, 0.29) is 11.9 Å². The normalized spacial score (nSPS) is 11.6. The zero-order valence-electron chi connectivity index (χ0n) is 10.5. The van der Waals surface area contributed by atoms with Crippen molar-refractivity contribution < 1.29 is 4.79 Å². The van der Waals surface area contributed by atoms with E-state index in [4.69, 9.17) is 5.26 Å². The van der Waals surface area contributed by atoms with Crippen LogP contribution in [0.2, 0.25) is 0 Å². The lowest BCUT2D eigenvalue weighted by Gasteiger charge is -2.11. The van der Waals surface area contributed by atoms with Crippen LogP contribution in [0.4, 0.5) is 0 Å². The molecule has 19 heavy (non-hydrogen) atoms. The highest BCUT2D eigenvalue weighted by Gasteiger charge is 2.11. The molecule has 0 saturated carbocycles. The Kier molecular flexibility index (Phi) is 4.26. The summed E-state index contributed by atoms with van der Waals surface area (Å²) in [6.07, 6.45) is 2.03. The van der Waals surface area contributed by atoms with Gasteiger partial charge in [-0.3, -0.25) is 4.79 Å². The maximum Gasteiger partial charge on any atom is 0.224 e. The lowest BCUT2D eigenvalue weighted by atomic mass is 10.1. The van der Waals surface area contributed by atoms with Gasteiger partial charge in [0.15, 0.2) is 0 Å². The molecule has 1 unspecified atom stereocenters. The van der Waals surface area contributed by atoms with Crippen molar-refractivity contribution in [2.45, 2.75) is 19.4 Å². The van der Waals surface area contributed by atoms with E-state index in [1.807, 2.05) is 12.3 Å². The minimum Gasteiger partial charge on any atom is -0.347 e. The highest BCUT2D eigenvalue weighted by atomic mass is 32.1. The van der Waals surface area contributed by atoms with Crippen molar-refractivity contribution in [3.8, 4) is 6.07 Å². The molecule has 2 rings (SSSR count). The molecule has 0 fully saturated rings. The summed E-state index contributed by atoms with van der Waals surface area (Å²) in [6.45, 7) is 1.91. The van der Waals surface area contributed by atoms with Crippen molar-refractivity contribution in [2.75, 3.05) is 0 Å². The summed E-state index contributed by atoms with van der Waals surface area (Å²) in [7, 11) is 0. The SMILES string of the molecule is CC(NC(=O)Cc1ccc(C#N)cc1)c1nccs1. The molecule has 1 aromatic carbocycles. The molecule has 0 aliphatic rings. The average Bonchev–Trinajstić information content (AvgIpc) is 2.93. The maximum atomic E-state index is 11.9. The number of amides is 1. The monoisotopic (exact) mass is 271 g/mol. The van der Waals surface area contributed by atoms with E-state index >= 15 is 0 Å². The van der Waals surface area contributed by atoms with Gasteiger partial charge in [-0.25, -0.2) is 4.98 Å². The van der Waals surface area contributed by atoms with Crippen LogP contribution in [-0.2, 0) is 11.2 Å². The summed E-state index contributed by atoms with van der Waals surface area (Å²) < 4.78 is 0. The number of carbonyl (C=O) groups is 1. The summed E-state index contributed by atoms with van der Waals surface area (Å²) in [4.78, 5) is 16.0. The first-order chi connectivity index (χ1) is 9.19. The molecule has 1 aromatic heterocycles. The molecule has 1 N–H and O–H groups in total. The number of nitrogens with zero attached hydrogens (tertiary/aromatic N) is 2. The van der Waals surface area contributed by atoms with Crippen LogP contribution in [0, 0.1) is 11.3 Å². The predicted molar refractivity (Wildman–Crippen MR) is 73.5 cm³/mol. The van der Waals surface area contributed by atoms with E-state index in [1.54, 1.807) is 30.5 Å². The Bertz CT molecular complexity index is 584. The van der Waals surface area contributed by atoms with Crippen LogP contribution in [0.25, 0.3) is 0 Å². The second-order valence-corrected chi connectivity index (χ2v) is 5.07. The smallest absolute Gasteiger partial charge is 0.224 e. The second kappa shape index (κ2) is 6.12. The van der Waals surface area contributed by atoms with E-state index in [1.165, 1.54) is 11.3 Å². The zero-order chi connectivity index (χ0) is 13.7. The van der Waals surface area contributed by atoms with Crippen LogP contribution < -0.4 is 5.32 Å². The second-order valence-electron chi connectivity index (χ2n) is 4.15. The van der Waals surface area contributed by atoms with Crippen LogP contribution in [0.5, 0.6) is 0 Å². The Balaban J connectivity index is 1.92. The Morgan fingerprint density at radius 3 is 2.79 bits per heavy atom. The molecule has 1 amide bonds. The van der Waals surface area contributed by atoms with Crippen LogP contribution in [0.3, 0.4) is 0 Å². The number of nitriles is 1. The summed E-state index contributed by atoms with van der Waals surface area (Å²) in [6, 6.07) is 9.00. The highest BCUT2D eigenvalue weighted by Crippen LogP contribution is 2.14. The molecule has 1 heterocycles. The van der Waals surface area contributed by atoms with Gasteiger partial charge in [0.2, 0.25) is 5.91 Å². The quantitative estimate of drug-likeness (QED) is 0.928. The average molecular weight is 271 g/mol. The molecule has 5 heteroatoms. The van der Waals surface area contributed by atoms with E-state index in [9.17, 15) is 4.79 Å². The van der Waals surface area contributed by atoms with Gasteiger partial charge in [0.05, 0.1) is 24.1 Å². The molecule has 0 aliphatic heterocycles. The zero-order valence-corrected chi connectivity index (χ0v) is 11.3. The molecule has 1 atom stereocenters. The first-order valence-electron chi connectivity index (χ1n) is 5.87. The van der Waals surface area contributed by atoms with Crippen LogP contribution in [0.15, 0.2) is 35.8 Å². The number of carbonyl (C=O) groups excluding carboxylic acids is 1. The predicted octanol–water partition coefficient (Wildman–Crippen LogP) is 2.43. The molecule has 0 aliphatic carbocycles. The van der Waals surface area contributed by atoms with Gasteiger partial charge in [0.1, 0.15) is 5.01 Å². The lowest BCUT2D eigenvalue weighted by Crippen LogP contribution is -2.28. The molecule has 0 radical (unpaired) electrons. The summed E-state index contributed by atoms with van der Waals surface area (Å²) in [5.74, 6) is -0.0487. The molecular formula is C14H13N3OS. The molecule has 0 saturated heterocycles. The Hall–Kier alpha value is -2.19. The molecule has 0 bridgehead atoms. The van der Waals surface area contributed by atoms with E-state index in [0.717, 1.165) is 10.6 Å². The van der Waals surface area contributed by atoms with Gasteiger partial charge in [-0.15, -0.1) is 11.3 Å². The largest absolute Gasteiger partial charge is 0.347 e. The fourth-order valence-corrected chi connectivity index (χ4v) is 2.33. The third-order valence-corrected chi connectivity index (χ3v) is 3.61. The molecular weight excluding hydrogens is 258 g/mol. The van der Waals surface area contributed by atoms with E-state index in [2.05, 4.69) is 16.4 Å². The molecule has 2 aromatic rings. The fourth-order valence-electron chi connectivity index (χ4n) is 1.69. The number of aromatic nitrogens is 1. The van der Waals surface area contributed by atoms with E-state index < -0.39 is 0 Å². The molecule has 0 spiro atoms. The minimum absolute atomic E-state index is 0.0487. The van der Waals surface area contributed by atoms with Crippen molar-refractivity contribution in [2.24, 2.45) is 0 Å². The van der Waals surface area contributed by atoms with Gasteiger partial charge < -0.3 is 5.32 Å². The number of benzene rings is 1. The first-order valence-corrected chi connectivity index (χ1v) is 6.75. The standard InChI is InChI=1S/C14H13N3OS/c1-10(14-16-6-7-19-14)17-13(18)8-11-2-4-12(9-15)5-3-11/h2-7,10H,8H2,1H3,(H,17,18). The van der Waals surface area contributed by atoms with Crippen LogP contribution in [-0.4, -0.2) is 10.9 Å². The van der Waals surface area contributed by atoms with Gasteiger partial charge in [-0.2, -0.15) is 5.26 Å². The summed E-state index contributed by atoms with van der Waals surface area (Å²) in [5, 5.41) is 14.4. The number of nitrogens with one attached hydrogen (secondary N) is 1. The van der Waals surface area contributed by atoms with Crippen molar-refractivity contribution in [1.82, 2.24) is 10.3 Å². The summed E-state index contributed by atoms with van der Waals surface area (Å²) >= 11 is 1.52. The molecule has 96 valence electrons. The van der Waals surface area contributed by atoms with Crippen LogP contribution in [0.1, 0.15) is 29.1 Å². The third kappa shape index (κ3) is 3.63. The first kappa shape index (κ1) is 13.2. The third-order valence-electron chi connectivity index (χ3n) is 2.65. The van der Waals surface area contributed by atoms with Crippen molar-refractivity contribution in [1.29, 1.82) is 5.26 Å². The molecule has 4 nitrogen and oxygen atoms in total. The van der Waals surface area contributed by atoms with Gasteiger partial charge in [0, 0.05) is 11.6 Å². The van der Waals surface area contributed by atoms with Crippen molar-refractivity contribution in [3.63, 3.8) is 0 Å². The van der Waals surface area contributed by atoms with Gasteiger partial charge >= 0.3 is 0 Å². The van der Waals surface area contributed by atoms with Gasteiger partial charge in [0.25, 0.3) is 0 Å². The maximum absolute atomic E-state index is 11.9. The Morgan fingerprint density at radius 1 is 1.47 bits per heavy atom. The Labute approximate surface area is 115 Å². The van der Waals surface area contributed by atoms with Crippen molar-refractivity contribution >= 4 is 17.2 Å².